The molecule has 5 heteroatoms. The molecule has 0 spiro atoms. The molecule has 1 aromatic heterocycles. The molecule has 1 fully saturated rings. The van der Waals surface area contributed by atoms with E-state index in [1.807, 2.05) is 35.8 Å². The van der Waals surface area contributed by atoms with Crippen molar-refractivity contribution in [2.24, 2.45) is 0 Å². The number of aliphatic hydroxyl groups is 1. The van der Waals surface area contributed by atoms with E-state index in [0.717, 1.165) is 44.0 Å². The van der Waals surface area contributed by atoms with Gasteiger partial charge in [-0.2, -0.15) is 0 Å². The van der Waals surface area contributed by atoms with Crippen LogP contribution in [0.2, 0.25) is 0 Å². The van der Waals surface area contributed by atoms with Crippen LogP contribution in [0.25, 0.3) is 0 Å². The van der Waals surface area contributed by atoms with Crippen LogP contribution in [0.1, 0.15) is 17.4 Å². The Bertz CT molecular complexity index is 524. The minimum atomic E-state index is -0.392. The fourth-order valence-electron chi connectivity index (χ4n) is 2.70. The number of β-amino-alcohol motifs (C(OH)–C–C–N with tert-alkyl or cyclic N) is 1. The first-order valence-corrected chi connectivity index (χ1v) is 8.30. The third-order valence-corrected chi connectivity index (χ3v) is 4.58. The van der Waals surface area contributed by atoms with Gasteiger partial charge in [0.2, 0.25) is 0 Å². The Balaban J connectivity index is 1.45. The fourth-order valence-corrected chi connectivity index (χ4v) is 3.25. The third kappa shape index (κ3) is 4.11. The van der Waals surface area contributed by atoms with Crippen LogP contribution in [0.3, 0.4) is 0 Å². The van der Waals surface area contributed by atoms with Gasteiger partial charge in [-0.15, -0.1) is 11.3 Å². The molecular formula is C16H21N3OS. The van der Waals surface area contributed by atoms with Crippen LogP contribution in [0, 0.1) is 0 Å². The van der Waals surface area contributed by atoms with Crippen molar-refractivity contribution in [1.82, 2.24) is 14.8 Å². The Kier molecular flexibility index (Phi) is 4.98. The monoisotopic (exact) mass is 303 g/mol. The molecule has 3 rings (SSSR count). The van der Waals surface area contributed by atoms with Crippen molar-refractivity contribution >= 4 is 11.3 Å². The zero-order chi connectivity index (χ0) is 14.5. The number of aromatic nitrogens is 1. The normalized spacial score (nSPS) is 18.7. The largest absolute Gasteiger partial charge is 0.387 e. The molecule has 1 aromatic carbocycles. The number of thiazole rings is 1. The van der Waals surface area contributed by atoms with Gasteiger partial charge >= 0.3 is 0 Å². The molecule has 0 unspecified atom stereocenters. The first-order valence-electron chi connectivity index (χ1n) is 7.36. The van der Waals surface area contributed by atoms with E-state index in [4.69, 9.17) is 0 Å². The van der Waals surface area contributed by atoms with E-state index in [1.54, 1.807) is 11.3 Å². The highest BCUT2D eigenvalue weighted by Crippen LogP contribution is 2.15. The SMILES string of the molecule is O[C@H](CN1CCN(Cc2cscn2)CC1)c1ccccc1. The fraction of sp³-hybridized carbons (Fsp3) is 0.438. The summed E-state index contributed by atoms with van der Waals surface area (Å²) in [6, 6.07) is 9.91. The molecule has 0 amide bonds. The van der Waals surface area contributed by atoms with Crippen molar-refractivity contribution in [1.29, 1.82) is 0 Å². The second-order valence-electron chi connectivity index (χ2n) is 5.48. The summed E-state index contributed by atoms with van der Waals surface area (Å²) in [5.74, 6) is 0. The molecule has 0 bridgehead atoms. The van der Waals surface area contributed by atoms with Crippen molar-refractivity contribution < 1.29 is 5.11 Å². The summed E-state index contributed by atoms with van der Waals surface area (Å²) in [4.78, 5) is 9.11. The van der Waals surface area contributed by atoms with E-state index in [1.165, 1.54) is 0 Å². The summed E-state index contributed by atoms with van der Waals surface area (Å²) in [6.07, 6.45) is -0.392. The van der Waals surface area contributed by atoms with E-state index in [2.05, 4.69) is 20.2 Å². The molecule has 4 nitrogen and oxygen atoms in total. The zero-order valence-electron chi connectivity index (χ0n) is 12.1. The van der Waals surface area contributed by atoms with Crippen LogP contribution in [-0.2, 0) is 6.54 Å². The van der Waals surface area contributed by atoms with Gasteiger partial charge in [0.05, 0.1) is 17.3 Å². The molecule has 112 valence electrons. The minimum absolute atomic E-state index is 0.392. The summed E-state index contributed by atoms with van der Waals surface area (Å²) in [6.45, 7) is 5.76. The maximum Gasteiger partial charge on any atom is 0.0916 e. The highest BCUT2D eigenvalue weighted by Gasteiger charge is 2.20. The van der Waals surface area contributed by atoms with Crippen molar-refractivity contribution in [3.63, 3.8) is 0 Å². The lowest BCUT2D eigenvalue weighted by Gasteiger charge is -2.35. The van der Waals surface area contributed by atoms with Crippen LogP contribution in [0.15, 0.2) is 41.2 Å². The van der Waals surface area contributed by atoms with Gasteiger partial charge in [0.1, 0.15) is 0 Å². The van der Waals surface area contributed by atoms with Gasteiger partial charge in [0, 0.05) is 44.6 Å². The molecule has 0 aliphatic carbocycles. The smallest absolute Gasteiger partial charge is 0.0916 e. The molecular weight excluding hydrogens is 282 g/mol. The number of rotatable bonds is 5. The van der Waals surface area contributed by atoms with Gasteiger partial charge in [0.25, 0.3) is 0 Å². The lowest BCUT2D eigenvalue weighted by molar-refractivity contribution is 0.0697. The van der Waals surface area contributed by atoms with Gasteiger partial charge in [0.15, 0.2) is 0 Å². The van der Waals surface area contributed by atoms with Crippen molar-refractivity contribution in [3.8, 4) is 0 Å². The van der Waals surface area contributed by atoms with Crippen LogP contribution in [0.4, 0.5) is 0 Å². The lowest BCUT2D eigenvalue weighted by Crippen LogP contribution is -2.47. The number of benzene rings is 1. The standard InChI is InChI=1S/C16H21N3OS/c20-16(14-4-2-1-3-5-14)11-19-8-6-18(7-9-19)10-15-12-21-13-17-15/h1-5,12-13,16,20H,6-11H2/t16-/m1/s1. The molecule has 1 aliphatic rings. The summed E-state index contributed by atoms with van der Waals surface area (Å²) in [7, 11) is 0. The number of aliphatic hydroxyl groups excluding tert-OH is 1. The van der Waals surface area contributed by atoms with E-state index < -0.39 is 6.10 Å². The van der Waals surface area contributed by atoms with Crippen LogP contribution < -0.4 is 0 Å². The predicted molar refractivity (Wildman–Crippen MR) is 85.2 cm³/mol. The number of piperazine rings is 1. The number of nitrogens with zero attached hydrogens (tertiary/aromatic N) is 3. The van der Waals surface area contributed by atoms with E-state index in [0.29, 0.717) is 6.54 Å². The lowest BCUT2D eigenvalue weighted by atomic mass is 10.1. The maximum absolute atomic E-state index is 10.3. The van der Waals surface area contributed by atoms with Gasteiger partial charge in [-0.1, -0.05) is 30.3 Å². The van der Waals surface area contributed by atoms with Gasteiger partial charge in [-0.25, -0.2) is 4.98 Å². The molecule has 2 heterocycles. The van der Waals surface area contributed by atoms with Crippen LogP contribution in [0.5, 0.6) is 0 Å². The molecule has 21 heavy (non-hydrogen) atoms. The second-order valence-corrected chi connectivity index (χ2v) is 6.20. The van der Waals surface area contributed by atoms with Gasteiger partial charge in [-0.3, -0.25) is 9.80 Å². The summed E-state index contributed by atoms with van der Waals surface area (Å²) < 4.78 is 0. The molecule has 0 radical (unpaired) electrons. The molecule has 1 N–H and O–H groups in total. The summed E-state index contributed by atoms with van der Waals surface area (Å²) >= 11 is 1.65. The molecule has 1 atom stereocenters. The number of hydrogen-bond donors (Lipinski definition) is 1. The van der Waals surface area contributed by atoms with Crippen molar-refractivity contribution in [2.75, 3.05) is 32.7 Å². The molecule has 1 aliphatic heterocycles. The Hall–Kier alpha value is -1.27. The average Bonchev–Trinajstić information content (AvgIpc) is 3.03. The first-order chi connectivity index (χ1) is 10.3. The quantitative estimate of drug-likeness (QED) is 0.917. The van der Waals surface area contributed by atoms with E-state index in [9.17, 15) is 5.11 Å². The Labute approximate surface area is 129 Å². The average molecular weight is 303 g/mol. The Morgan fingerprint density at radius 3 is 2.48 bits per heavy atom. The zero-order valence-corrected chi connectivity index (χ0v) is 12.9. The van der Waals surface area contributed by atoms with Crippen LogP contribution >= 0.6 is 11.3 Å². The highest BCUT2D eigenvalue weighted by atomic mass is 32.1. The maximum atomic E-state index is 10.3. The number of hydrogen-bond acceptors (Lipinski definition) is 5. The van der Waals surface area contributed by atoms with Crippen LogP contribution in [-0.4, -0.2) is 52.6 Å². The second kappa shape index (κ2) is 7.13. The predicted octanol–water partition coefficient (Wildman–Crippen LogP) is 1.99. The third-order valence-electron chi connectivity index (χ3n) is 3.95. The Morgan fingerprint density at radius 1 is 1.10 bits per heavy atom. The summed E-state index contributed by atoms with van der Waals surface area (Å²) in [5, 5.41) is 12.4. The molecule has 2 aromatic rings. The first kappa shape index (κ1) is 14.7. The van der Waals surface area contributed by atoms with E-state index in [-0.39, 0.29) is 0 Å². The van der Waals surface area contributed by atoms with Gasteiger partial charge in [-0.05, 0) is 5.56 Å². The van der Waals surface area contributed by atoms with Gasteiger partial charge < -0.3 is 5.11 Å². The minimum Gasteiger partial charge on any atom is -0.387 e. The van der Waals surface area contributed by atoms with E-state index >= 15 is 0 Å². The molecule has 0 saturated carbocycles. The molecule has 1 saturated heterocycles. The van der Waals surface area contributed by atoms with Crippen molar-refractivity contribution in [2.45, 2.75) is 12.6 Å². The Morgan fingerprint density at radius 2 is 1.81 bits per heavy atom. The summed E-state index contributed by atoms with van der Waals surface area (Å²) in [5.41, 5.74) is 4.06. The van der Waals surface area contributed by atoms with Crippen molar-refractivity contribution in [3.05, 3.63) is 52.5 Å². The topological polar surface area (TPSA) is 39.6 Å². The highest BCUT2D eigenvalue weighted by molar-refractivity contribution is 7.07.